The summed E-state index contributed by atoms with van der Waals surface area (Å²) in [7, 11) is 0. The summed E-state index contributed by atoms with van der Waals surface area (Å²) in [6.07, 6.45) is 1.08. The molecule has 0 aliphatic carbocycles. The second-order valence-corrected chi connectivity index (χ2v) is 4.73. The van der Waals surface area contributed by atoms with Crippen LogP contribution in [0.2, 0.25) is 5.02 Å². The summed E-state index contributed by atoms with van der Waals surface area (Å²) in [6.45, 7) is 8.54. The molecule has 0 aliphatic heterocycles. The Hall–Kier alpha value is -0.690. The van der Waals surface area contributed by atoms with Crippen molar-refractivity contribution >= 4 is 17.3 Å². The van der Waals surface area contributed by atoms with Gasteiger partial charge in [-0.1, -0.05) is 24.6 Å². The van der Waals surface area contributed by atoms with E-state index in [1.54, 1.807) is 0 Å². The van der Waals surface area contributed by atoms with Crippen molar-refractivity contribution in [2.75, 3.05) is 5.32 Å². The van der Waals surface area contributed by atoms with E-state index in [0.29, 0.717) is 0 Å². The van der Waals surface area contributed by atoms with Gasteiger partial charge in [-0.15, -0.1) is 0 Å². The van der Waals surface area contributed by atoms with Crippen LogP contribution < -0.4 is 5.32 Å². The topological polar surface area (TPSA) is 12.0 Å². The first-order chi connectivity index (χ1) is 6.44. The Morgan fingerprint density at radius 3 is 2.50 bits per heavy atom. The van der Waals surface area contributed by atoms with Gasteiger partial charge in [-0.3, -0.25) is 0 Å². The van der Waals surface area contributed by atoms with Gasteiger partial charge in [0.2, 0.25) is 0 Å². The van der Waals surface area contributed by atoms with E-state index in [1.807, 2.05) is 19.1 Å². The summed E-state index contributed by atoms with van der Waals surface area (Å²) >= 11 is 6.05. The number of hydrogen-bond acceptors (Lipinski definition) is 1. The van der Waals surface area contributed by atoms with E-state index in [0.717, 1.165) is 22.7 Å². The first-order valence-electron chi connectivity index (χ1n) is 4.99. The van der Waals surface area contributed by atoms with Gasteiger partial charge in [-0.25, -0.2) is 0 Å². The molecule has 14 heavy (non-hydrogen) atoms. The Balaban J connectivity index is 2.83. The lowest BCUT2D eigenvalue weighted by atomic mass is 10.0. The number of anilines is 1. The van der Waals surface area contributed by atoms with Crippen LogP contribution in [0.5, 0.6) is 0 Å². The maximum Gasteiger partial charge on any atom is 0.0455 e. The first kappa shape index (κ1) is 11.4. The Kier molecular flexibility index (Phi) is 3.43. The highest BCUT2D eigenvalue weighted by Crippen LogP contribution is 2.23. The number of rotatable bonds is 3. The molecule has 1 rings (SSSR count). The maximum atomic E-state index is 6.05. The van der Waals surface area contributed by atoms with E-state index >= 15 is 0 Å². The third kappa shape index (κ3) is 2.91. The quantitative estimate of drug-likeness (QED) is 0.788. The largest absolute Gasteiger partial charge is 0.380 e. The highest BCUT2D eigenvalue weighted by Gasteiger charge is 2.14. The van der Waals surface area contributed by atoms with Crippen LogP contribution in [-0.2, 0) is 0 Å². The van der Waals surface area contributed by atoms with Crippen LogP contribution in [0.3, 0.4) is 0 Å². The Bertz CT molecular complexity index is 318. The van der Waals surface area contributed by atoms with Gasteiger partial charge in [0.05, 0.1) is 0 Å². The van der Waals surface area contributed by atoms with Gasteiger partial charge in [-0.05, 0) is 44.9 Å². The van der Waals surface area contributed by atoms with Crippen molar-refractivity contribution in [1.29, 1.82) is 0 Å². The lowest BCUT2D eigenvalue weighted by Crippen LogP contribution is -2.29. The summed E-state index contributed by atoms with van der Waals surface area (Å²) in [4.78, 5) is 0. The monoisotopic (exact) mass is 211 g/mol. The predicted molar refractivity (Wildman–Crippen MR) is 64.2 cm³/mol. The fourth-order valence-electron chi connectivity index (χ4n) is 1.15. The van der Waals surface area contributed by atoms with Gasteiger partial charge in [0, 0.05) is 16.2 Å². The minimum Gasteiger partial charge on any atom is -0.380 e. The van der Waals surface area contributed by atoms with Gasteiger partial charge in [0.25, 0.3) is 0 Å². The first-order valence-corrected chi connectivity index (χ1v) is 5.37. The van der Waals surface area contributed by atoms with Gasteiger partial charge < -0.3 is 5.32 Å². The molecule has 1 aromatic rings. The molecule has 0 atom stereocenters. The molecule has 0 saturated heterocycles. The molecule has 0 unspecified atom stereocenters. The summed E-state index contributed by atoms with van der Waals surface area (Å²) in [5.41, 5.74) is 2.33. The van der Waals surface area contributed by atoms with Crippen LogP contribution in [-0.4, -0.2) is 5.54 Å². The van der Waals surface area contributed by atoms with E-state index in [-0.39, 0.29) is 5.54 Å². The third-order valence-electron chi connectivity index (χ3n) is 2.54. The summed E-state index contributed by atoms with van der Waals surface area (Å²) < 4.78 is 0. The lowest BCUT2D eigenvalue weighted by Gasteiger charge is -2.26. The normalized spacial score (nSPS) is 11.5. The van der Waals surface area contributed by atoms with Crippen molar-refractivity contribution in [2.24, 2.45) is 0 Å². The standard InChI is InChI=1S/C12H18ClN/c1-5-12(3,4)14-10-7-6-9(2)11(13)8-10/h6-8,14H,5H2,1-4H3. The van der Waals surface area contributed by atoms with Crippen LogP contribution in [0, 0.1) is 6.92 Å². The van der Waals surface area contributed by atoms with Crippen LogP contribution in [0.4, 0.5) is 5.69 Å². The molecule has 0 aromatic heterocycles. The molecule has 0 aliphatic rings. The zero-order chi connectivity index (χ0) is 10.8. The van der Waals surface area contributed by atoms with Gasteiger partial charge in [-0.2, -0.15) is 0 Å². The van der Waals surface area contributed by atoms with E-state index in [2.05, 4.69) is 32.2 Å². The van der Waals surface area contributed by atoms with Gasteiger partial charge in [0.15, 0.2) is 0 Å². The zero-order valence-electron chi connectivity index (χ0n) is 9.32. The SMILES string of the molecule is CCC(C)(C)Nc1ccc(C)c(Cl)c1. The van der Waals surface area contributed by atoms with E-state index in [4.69, 9.17) is 11.6 Å². The third-order valence-corrected chi connectivity index (χ3v) is 2.95. The molecular weight excluding hydrogens is 194 g/mol. The molecule has 1 aromatic carbocycles. The van der Waals surface area contributed by atoms with Crippen LogP contribution >= 0.6 is 11.6 Å². The fraction of sp³-hybridized carbons (Fsp3) is 0.500. The van der Waals surface area contributed by atoms with Crippen molar-refractivity contribution in [3.8, 4) is 0 Å². The van der Waals surface area contributed by atoms with Crippen molar-refractivity contribution in [2.45, 2.75) is 39.7 Å². The molecule has 0 fully saturated rings. The summed E-state index contributed by atoms with van der Waals surface area (Å²) in [6, 6.07) is 6.09. The second-order valence-electron chi connectivity index (χ2n) is 4.33. The molecule has 0 bridgehead atoms. The highest BCUT2D eigenvalue weighted by molar-refractivity contribution is 6.31. The average Bonchev–Trinajstić information content (AvgIpc) is 2.11. The van der Waals surface area contributed by atoms with Gasteiger partial charge in [0.1, 0.15) is 0 Å². The molecule has 2 heteroatoms. The number of halogens is 1. The van der Waals surface area contributed by atoms with Crippen molar-refractivity contribution in [3.63, 3.8) is 0 Å². The van der Waals surface area contributed by atoms with Crippen LogP contribution in [0.1, 0.15) is 32.8 Å². The Morgan fingerprint density at radius 2 is 2.00 bits per heavy atom. The van der Waals surface area contributed by atoms with E-state index in [1.165, 1.54) is 0 Å². The van der Waals surface area contributed by atoms with Gasteiger partial charge >= 0.3 is 0 Å². The average molecular weight is 212 g/mol. The van der Waals surface area contributed by atoms with Crippen molar-refractivity contribution in [3.05, 3.63) is 28.8 Å². The smallest absolute Gasteiger partial charge is 0.0455 e. The molecule has 0 heterocycles. The molecule has 0 radical (unpaired) electrons. The minimum atomic E-state index is 0.124. The van der Waals surface area contributed by atoms with Crippen LogP contribution in [0.25, 0.3) is 0 Å². The highest BCUT2D eigenvalue weighted by atomic mass is 35.5. The molecule has 0 amide bonds. The Morgan fingerprint density at radius 1 is 1.36 bits per heavy atom. The fourth-order valence-corrected chi connectivity index (χ4v) is 1.33. The van der Waals surface area contributed by atoms with E-state index < -0.39 is 0 Å². The number of benzene rings is 1. The minimum absolute atomic E-state index is 0.124. The molecule has 0 saturated carbocycles. The van der Waals surface area contributed by atoms with Crippen LogP contribution in [0.15, 0.2) is 18.2 Å². The van der Waals surface area contributed by atoms with Crippen molar-refractivity contribution in [1.82, 2.24) is 0 Å². The summed E-state index contributed by atoms with van der Waals surface area (Å²) in [5, 5.41) is 4.27. The molecule has 78 valence electrons. The number of nitrogens with one attached hydrogen (secondary N) is 1. The summed E-state index contributed by atoms with van der Waals surface area (Å²) in [5.74, 6) is 0. The second kappa shape index (κ2) is 4.22. The molecule has 0 spiro atoms. The van der Waals surface area contributed by atoms with Crippen molar-refractivity contribution < 1.29 is 0 Å². The maximum absolute atomic E-state index is 6.05. The molecular formula is C12H18ClN. The lowest BCUT2D eigenvalue weighted by molar-refractivity contribution is 0.547. The number of aryl methyl sites for hydroxylation is 1. The predicted octanol–water partition coefficient (Wildman–Crippen LogP) is 4.25. The number of hydrogen-bond donors (Lipinski definition) is 1. The molecule has 1 N–H and O–H groups in total. The zero-order valence-corrected chi connectivity index (χ0v) is 10.1. The van der Waals surface area contributed by atoms with E-state index in [9.17, 15) is 0 Å². The Labute approximate surface area is 91.5 Å². The molecule has 1 nitrogen and oxygen atoms in total.